The van der Waals surface area contributed by atoms with Crippen molar-refractivity contribution in [3.05, 3.63) is 57.6 Å². The summed E-state index contributed by atoms with van der Waals surface area (Å²) in [6, 6.07) is 11.1. The Morgan fingerprint density at radius 1 is 1.21 bits per heavy atom. The molecule has 0 unspecified atom stereocenters. The van der Waals surface area contributed by atoms with E-state index < -0.39 is 0 Å². The maximum Gasteiger partial charge on any atom is 0.251 e. The number of hydrogen-bond donors (Lipinski definition) is 3. The monoisotopic (exact) mass is 392 g/mol. The van der Waals surface area contributed by atoms with Crippen molar-refractivity contribution in [2.45, 2.75) is 13.5 Å². The number of aromatic hydroxyl groups is 1. The molecule has 0 aliphatic rings. The van der Waals surface area contributed by atoms with Crippen LogP contribution < -0.4 is 15.4 Å². The van der Waals surface area contributed by atoms with Crippen LogP contribution in [-0.2, 0) is 6.54 Å². The first kappa shape index (κ1) is 18.3. The van der Waals surface area contributed by atoms with Gasteiger partial charge in [0.15, 0.2) is 11.5 Å². The van der Waals surface area contributed by atoms with Crippen LogP contribution in [0.1, 0.15) is 21.5 Å². The molecule has 0 saturated heterocycles. The standard InChI is InChI=1S/C18H21BrN2O3/c1-12-3-5-14(6-4-12)18(23)21-8-7-20-11-13-9-15(19)17(22)16(10-13)24-2/h3-6,9-10,20,22H,7-8,11H2,1-2H3,(H,21,23). The van der Waals surface area contributed by atoms with Crippen LogP contribution in [0.5, 0.6) is 11.5 Å². The van der Waals surface area contributed by atoms with Gasteiger partial charge in [0.25, 0.3) is 5.91 Å². The highest BCUT2D eigenvalue weighted by atomic mass is 79.9. The molecule has 0 heterocycles. The third-order valence-electron chi connectivity index (χ3n) is 3.54. The molecule has 5 nitrogen and oxygen atoms in total. The third kappa shape index (κ3) is 4.97. The molecule has 24 heavy (non-hydrogen) atoms. The lowest BCUT2D eigenvalue weighted by atomic mass is 10.1. The number of rotatable bonds is 7. The Morgan fingerprint density at radius 3 is 2.58 bits per heavy atom. The second-order valence-corrected chi connectivity index (χ2v) is 6.28. The van der Waals surface area contributed by atoms with Gasteiger partial charge in [-0.3, -0.25) is 4.79 Å². The van der Waals surface area contributed by atoms with Crippen molar-refractivity contribution in [1.82, 2.24) is 10.6 Å². The van der Waals surface area contributed by atoms with E-state index in [1.807, 2.05) is 37.3 Å². The number of phenols is 1. The predicted octanol–water partition coefficient (Wildman–Crippen LogP) is 2.99. The van der Waals surface area contributed by atoms with E-state index in [0.29, 0.717) is 35.4 Å². The molecule has 0 aliphatic carbocycles. The molecule has 0 bridgehead atoms. The van der Waals surface area contributed by atoms with Crippen molar-refractivity contribution >= 4 is 21.8 Å². The lowest BCUT2D eigenvalue weighted by molar-refractivity contribution is 0.0954. The molecule has 0 atom stereocenters. The zero-order valence-electron chi connectivity index (χ0n) is 13.7. The van der Waals surface area contributed by atoms with Gasteiger partial charge in [0.2, 0.25) is 0 Å². The van der Waals surface area contributed by atoms with Crippen LogP contribution in [0.2, 0.25) is 0 Å². The second-order valence-electron chi connectivity index (χ2n) is 5.43. The Morgan fingerprint density at radius 2 is 1.92 bits per heavy atom. The van der Waals surface area contributed by atoms with Crippen molar-refractivity contribution in [3.8, 4) is 11.5 Å². The zero-order chi connectivity index (χ0) is 17.5. The van der Waals surface area contributed by atoms with Gasteiger partial charge in [-0.25, -0.2) is 0 Å². The first-order valence-corrected chi connectivity index (χ1v) is 8.41. The van der Waals surface area contributed by atoms with E-state index in [4.69, 9.17) is 4.74 Å². The molecule has 1 amide bonds. The van der Waals surface area contributed by atoms with Crippen molar-refractivity contribution in [3.63, 3.8) is 0 Å². The Bertz CT molecular complexity index is 702. The first-order chi connectivity index (χ1) is 11.5. The van der Waals surface area contributed by atoms with Crippen LogP contribution in [0.3, 0.4) is 0 Å². The van der Waals surface area contributed by atoms with Gasteiger partial charge < -0.3 is 20.5 Å². The molecular weight excluding hydrogens is 372 g/mol. The Labute approximate surface area is 150 Å². The number of aryl methyl sites for hydroxylation is 1. The lowest BCUT2D eigenvalue weighted by Crippen LogP contribution is -2.31. The molecule has 2 aromatic rings. The minimum absolute atomic E-state index is 0.0779. The fourth-order valence-electron chi connectivity index (χ4n) is 2.19. The van der Waals surface area contributed by atoms with Crippen molar-refractivity contribution in [2.24, 2.45) is 0 Å². The quantitative estimate of drug-likeness (QED) is 0.633. The summed E-state index contributed by atoms with van der Waals surface area (Å²) in [7, 11) is 1.51. The van der Waals surface area contributed by atoms with E-state index in [-0.39, 0.29) is 11.7 Å². The van der Waals surface area contributed by atoms with E-state index in [2.05, 4.69) is 26.6 Å². The minimum atomic E-state index is -0.0779. The summed E-state index contributed by atoms with van der Waals surface area (Å²) in [5.41, 5.74) is 2.76. The number of phenolic OH excluding ortho intramolecular Hbond substituents is 1. The number of carbonyl (C=O) groups excluding carboxylic acids is 1. The number of methoxy groups -OCH3 is 1. The molecule has 128 valence electrons. The van der Waals surface area contributed by atoms with Crippen molar-refractivity contribution < 1.29 is 14.6 Å². The molecule has 2 rings (SSSR count). The summed E-state index contributed by atoms with van der Waals surface area (Å²) in [5, 5.41) is 15.9. The van der Waals surface area contributed by atoms with E-state index in [1.165, 1.54) is 7.11 Å². The molecule has 0 aromatic heterocycles. The van der Waals surface area contributed by atoms with E-state index >= 15 is 0 Å². The topological polar surface area (TPSA) is 70.6 Å². The van der Waals surface area contributed by atoms with Gasteiger partial charge in [-0.2, -0.15) is 0 Å². The van der Waals surface area contributed by atoms with Crippen LogP contribution in [0, 0.1) is 6.92 Å². The lowest BCUT2D eigenvalue weighted by Gasteiger charge is -2.10. The molecular formula is C18H21BrN2O3. The highest BCUT2D eigenvalue weighted by molar-refractivity contribution is 9.10. The molecule has 0 spiro atoms. The number of amides is 1. The van der Waals surface area contributed by atoms with Crippen LogP contribution in [-0.4, -0.2) is 31.2 Å². The van der Waals surface area contributed by atoms with Gasteiger partial charge >= 0.3 is 0 Å². The Balaban J connectivity index is 1.76. The highest BCUT2D eigenvalue weighted by Crippen LogP contribution is 2.35. The smallest absolute Gasteiger partial charge is 0.251 e. The zero-order valence-corrected chi connectivity index (χ0v) is 15.3. The number of nitrogens with one attached hydrogen (secondary N) is 2. The Kier molecular flexibility index (Phi) is 6.63. The van der Waals surface area contributed by atoms with Gasteiger partial charge in [-0.15, -0.1) is 0 Å². The average Bonchev–Trinajstić information content (AvgIpc) is 2.57. The summed E-state index contributed by atoms with van der Waals surface area (Å²) in [6.07, 6.45) is 0. The average molecular weight is 393 g/mol. The van der Waals surface area contributed by atoms with Crippen molar-refractivity contribution in [1.29, 1.82) is 0 Å². The molecule has 2 aromatic carbocycles. The van der Waals surface area contributed by atoms with Gasteiger partial charge in [0.1, 0.15) is 0 Å². The van der Waals surface area contributed by atoms with Gasteiger partial charge in [0, 0.05) is 25.2 Å². The summed E-state index contributed by atoms with van der Waals surface area (Å²) in [4.78, 5) is 12.0. The number of benzene rings is 2. The van der Waals surface area contributed by atoms with Gasteiger partial charge in [-0.1, -0.05) is 17.7 Å². The van der Waals surface area contributed by atoms with Crippen molar-refractivity contribution in [2.75, 3.05) is 20.2 Å². The van der Waals surface area contributed by atoms with Gasteiger partial charge in [0.05, 0.1) is 11.6 Å². The molecule has 3 N–H and O–H groups in total. The fraction of sp³-hybridized carbons (Fsp3) is 0.278. The summed E-state index contributed by atoms with van der Waals surface area (Å²) >= 11 is 3.30. The summed E-state index contributed by atoms with van der Waals surface area (Å²) in [5.74, 6) is 0.436. The third-order valence-corrected chi connectivity index (χ3v) is 4.14. The minimum Gasteiger partial charge on any atom is -0.503 e. The van der Waals surface area contributed by atoms with Crippen LogP contribution in [0.15, 0.2) is 40.9 Å². The summed E-state index contributed by atoms with van der Waals surface area (Å²) < 4.78 is 5.71. The van der Waals surface area contributed by atoms with Gasteiger partial charge in [-0.05, 0) is 52.7 Å². The Hall–Kier alpha value is -2.05. The molecule has 6 heteroatoms. The number of hydrogen-bond acceptors (Lipinski definition) is 4. The predicted molar refractivity (Wildman–Crippen MR) is 97.6 cm³/mol. The second kappa shape index (κ2) is 8.70. The molecule has 0 aliphatic heterocycles. The molecule has 0 radical (unpaired) electrons. The van der Waals surface area contributed by atoms with Crippen LogP contribution >= 0.6 is 15.9 Å². The first-order valence-electron chi connectivity index (χ1n) is 7.62. The summed E-state index contributed by atoms with van der Waals surface area (Å²) in [6.45, 7) is 3.76. The fourth-order valence-corrected chi connectivity index (χ4v) is 2.68. The number of ether oxygens (including phenoxy) is 1. The SMILES string of the molecule is COc1cc(CNCCNC(=O)c2ccc(C)cc2)cc(Br)c1O. The van der Waals surface area contributed by atoms with E-state index in [1.54, 1.807) is 6.07 Å². The largest absolute Gasteiger partial charge is 0.503 e. The van der Waals surface area contributed by atoms with Crippen LogP contribution in [0.25, 0.3) is 0 Å². The normalized spacial score (nSPS) is 10.5. The van der Waals surface area contributed by atoms with E-state index in [0.717, 1.165) is 11.1 Å². The molecule has 0 saturated carbocycles. The maximum absolute atomic E-state index is 12.0. The molecule has 0 fully saturated rings. The van der Waals surface area contributed by atoms with E-state index in [9.17, 15) is 9.90 Å². The number of carbonyl (C=O) groups is 1. The number of halogens is 1. The highest BCUT2D eigenvalue weighted by Gasteiger charge is 2.08. The maximum atomic E-state index is 12.0. The van der Waals surface area contributed by atoms with Crippen LogP contribution in [0.4, 0.5) is 0 Å².